The maximum atomic E-state index is 5.20. The number of thiophene rings is 1. The van der Waals surface area contributed by atoms with E-state index in [9.17, 15) is 0 Å². The van der Waals surface area contributed by atoms with E-state index in [0.717, 1.165) is 40.1 Å². The van der Waals surface area contributed by atoms with E-state index >= 15 is 0 Å². The Hall–Kier alpha value is -4.19. The summed E-state index contributed by atoms with van der Waals surface area (Å²) < 4.78 is 3.64. The van der Waals surface area contributed by atoms with Crippen LogP contribution in [0, 0.1) is 17.4 Å². The van der Waals surface area contributed by atoms with Crippen LogP contribution in [0.5, 0.6) is 0 Å². The van der Waals surface area contributed by atoms with Gasteiger partial charge in [-0.05, 0) is 69.1 Å². The van der Waals surface area contributed by atoms with Crippen LogP contribution in [0.2, 0.25) is 19.6 Å². The van der Waals surface area contributed by atoms with E-state index in [2.05, 4.69) is 179 Å². The van der Waals surface area contributed by atoms with Crippen molar-refractivity contribution in [1.82, 2.24) is 14.5 Å². The van der Waals surface area contributed by atoms with Gasteiger partial charge in [-0.2, -0.15) is 0 Å². The second kappa shape index (κ2) is 16.9. The Morgan fingerprint density at radius 1 is 0.745 bits per heavy atom. The van der Waals surface area contributed by atoms with E-state index in [1.807, 2.05) is 18.2 Å². The summed E-state index contributed by atoms with van der Waals surface area (Å²) in [6, 6.07) is 42.0. The zero-order valence-electron chi connectivity index (χ0n) is 33.5. The average molecular weight is 934 g/mol. The summed E-state index contributed by atoms with van der Waals surface area (Å²) in [7, 11) is -1.34. The molecular weight excluding hydrogens is 883 g/mol. The largest absolute Gasteiger partial charge is 0.333 e. The molecular formula is C49H51IrN3SSi-2. The Kier molecular flexibility index (Phi) is 12.4. The number of nitrogens with zero attached hydrogens (tertiary/aromatic N) is 3. The fraction of sp³-hybridized carbons (Fsp3) is 0.265. The zero-order chi connectivity index (χ0) is 38.1. The third kappa shape index (κ3) is 8.49. The van der Waals surface area contributed by atoms with E-state index in [1.54, 1.807) is 11.3 Å². The first-order valence-corrected chi connectivity index (χ1v) is 23.6. The number of pyridine rings is 1. The molecule has 0 spiro atoms. The summed E-state index contributed by atoms with van der Waals surface area (Å²) in [5.41, 5.74) is 10.8. The van der Waals surface area contributed by atoms with Gasteiger partial charge in [-0.25, -0.2) is 0 Å². The van der Waals surface area contributed by atoms with E-state index < -0.39 is 8.07 Å². The topological polar surface area (TPSA) is 30.7 Å². The van der Waals surface area contributed by atoms with Crippen molar-refractivity contribution in [3.8, 4) is 28.3 Å². The minimum absolute atomic E-state index is 0. The van der Waals surface area contributed by atoms with Crippen LogP contribution in [0.1, 0.15) is 70.1 Å². The summed E-state index contributed by atoms with van der Waals surface area (Å²) in [4.78, 5) is 9.89. The molecule has 5 aromatic carbocycles. The van der Waals surface area contributed by atoms with Crippen LogP contribution >= 0.6 is 11.3 Å². The number of hydrogen-bond donors (Lipinski definition) is 0. The Morgan fingerprint density at radius 2 is 1.40 bits per heavy atom. The van der Waals surface area contributed by atoms with Gasteiger partial charge in [-0.1, -0.05) is 155 Å². The molecule has 1 radical (unpaired) electrons. The zero-order valence-corrected chi connectivity index (χ0v) is 37.7. The third-order valence-corrected chi connectivity index (χ3v) is 13.1. The van der Waals surface area contributed by atoms with Gasteiger partial charge in [0.15, 0.2) is 0 Å². The molecule has 3 aromatic heterocycles. The van der Waals surface area contributed by atoms with Crippen LogP contribution in [-0.4, -0.2) is 22.6 Å². The molecule has 283 valence electrons. The smallest absolute Gasteiger partial charge is 0.0798 e. The van der Waals surface area contributed by atoms with Gasteiger partial charge in [0, 0.05) is 32.0 Å². The number of imidazole rings is 1. The van der Waals surface area contributed by atoms with E-state index in [4.69, 9.17) is 4.98 Å². The summed E-state index contributed by atoms with van der Waals surface area (Å²) in [5, 5.41) is 8.85. The minimum Gasteiger partial charge on any atom is -0.333 e. The molecule has 0 bridgehead atoms. The van der Waals surface area contributed by atoms with Gasteiger partial charge in [0.2, 0.25) is 0 Å². The molecule has 55 heavy (non-hydrogen) atoms. The molecule has 8 rings (SSSR count). The normalized spacial score (nSPS) is 11.8. The molecule has 0 aliphatic carbocycles. The average Bonchev–Trinajstić information content (AvgIpc) is 3.74. The molecule has 0 aliphatic rings. The van der Waals surface area contributed by atoms with Crippen molar-refractivity contribution in [3.63, 3.8) is 0 Å². The molecule has 0 N–H and O–H groups in total. The minimum atomic E-state index is -1.34. The second-order valence-electron chi connectivity index (χ2n) is 16.5. The third-order valence-electron chi connectivity index (χ3n) is 10.1. The van der Waals surface area contributed by atoms with Crippen LogP contribution < -0.4 is 5.19 Å². The van der Waals surface area contributed by atoms with Gasteiger partial charge in [0.05, 0.1) is 24.9 Å². The molecule has 0 amide bonds. The number of fused-ring (bicyclic) bond motifs is 3. The molecule has 3 heterocycles. The van der Waals surface area contributed by atoms with Crippen molar-refractivity contribution < 1.29 is 20.1 Å². The summed E-state index contributed by atoms with van der Waals surface area (Å²) in [5.74, 6) is 2.43. The fourth-order valence-electron chi connectivity index (χ4n) is 7.50. The van der Waals surface area contributed by atoms with Crippen LogP contribution in [0.25, 0.3) is 60.2 Å². The number of para-hydroxylation sites is 3. The van der Waals surface area contributed by atoms with Gasteiger partial charge in [-0.15, -0.1) is 41.3 Å². The second-order valence-corrected chi connectivity index (χ2v) is 22.4. The number of rotatable bonds is 8. The summed E-state index contributed by atoms with van der Waals surface area (Å²) in [6.07, 6.45) is 3.24. The van der Waals surface area contributed by atoms with Crippen LogP contribution in [0.15, 0.2) is 115 Å². The summed E-state index contributed by atoms with van der Waals surface area (Å²) in [6.45, 7) is 20.8. The van der Waals surface area contributed by atoms with Crippen LogP contribution in [0.4, 0.5) is 0 Å². The predicted octanol–water partition coefficient (Wildman–Crippen LogP) is 13.4. The van der Waals surface area contributed by atoms with Crippen molar-refractivity contribution in [2.75, 3.05) is 0 Å². The number of benzene rings is 5. The van der Waals surface area contributed by atoms with Crippen molar-refractivity contribution in [1.29, 1.82) is 0 Å². The molecule has 0 unspecified atom stereocenters. The van der Waals surface area contributed by atoms with Crippen LogP contribution in [-0.2, 0) is 26.5 Å². The van der Waals surface area contributed by atoms with Crippen molar-refractivity contribution in [2.24, 2.45) is 5.92 Å². The standard InChI is InChI=1S/C31H27N2S.C18H24NSi.Ir/c1-19(2)23-12-9-13-24(20(3)4)30(23)33-28-15-8-7-14-27(28)32-31(33)26-18-34-29-17-22-11-6-5-10-21(22)16-25(26)29;1-14(2)11-16-12-17(15-9-7-6-8-10-15)19-13-18(16)20(3,4)5;/h5-17,19-20H,1-4H3;6-9,12-14H,11H2,1-5H3;/q2*-1;. The maximum absolute atomic E-state index is 5.20. The van der Waals surface area contributed by atoms with Gasteiger partial charge in [0.1, 0.15) is 0 Å². The Balaban J connectivity index is 0.000000211. The Bertz CT molecular complexity index is 2530. The van der Waals surface area contributed by atoms with Crippen LogP contribution in [0.3, 0.4) is 0 Å². The van der Waals surface area contributed by atoms with Crippen molar-refractivity contribution in [2.45, 2.75) is 79.4 Å². The SMILES string of the molecule is CC(C)Cc1cc(-c2[c-]cccc2)ncc1[Si](C)(C)C.CC(C)c1cccc(C(C)C)c1-n1c(-c2[c-]sc3cc4ccccc4cc23)nc2ccccc21.[Ir]. The Labute approximate surface area is 346 Å². The fourth-order valence-corrected chi connectivity index (χ4v) is 9.96. The molecule has 8 aromatic rings. The molecule has 0 saturated heterocycles. The quantitative estimate of drug-likeness (QED) is 0.112. The molecule has 0 aliphatic heterocycles. The van der Waals surface area contributed by atoms with Gasteiger partial charge in [0.25, 0.3) is 0 Å². The first-order valence-electron chi connectivity index (χ1n) is 19.3. The molecule has 0 atom stereocenters. The maximum Gasteiger partial charge on any atom is 0.0798 e. The van der Waals surface area contributed by atoms with E-state index in [-0.39, 0.29) is 20.1 Å². The molecule has 6 heteroatoms. The first kappa shape index (κ1) is 40.5. The molecule has 0 saturated carbocycles. The molecule has 3 nitrogen and oxygen atoms in total. The monoisotopic (exact) mass is 934 g/mol. The summed E-state index contributed by atoms with van der Waals surface area (Å²) >= 11 is 1.68. The first-order chi connectivity index (χ1) is 25.9. The number of hydrogen-bond acceptors (Lipinski definition) is 3. The van der Waals surface area contributed by atoms with E-state index in [1.165, 1.54) is 48.4 Å². The molecule has 0 fully saturated rings. The number of aromatic nitrogens is 3. The van der Waals surface area contributed by atoms with Gasteiger partial charge < -0.3 is 9.55 Å². The Morgan fingerprint density at radius 3 is 2.04 bits per heavy atom. The predicted molar refractivity (Wildman–Crippen MR) is 236 cm³/mol. The van der Waals surface area contributed by atoms with Gasteiger partial charge in [-0.3, -0.25) is 16.3 Å². The van der Waals surface area contributed by atoms with Gasteiger partial charge >= 0.3 is 0 Å². The van der Waals surface area contributed by atoms with Crippen molar-refractivity contribution >= 4 is 56.5 Å². The van der Waals surface area contributed by atoms with E-state index in [0.29, 0.717) is 17.8 Å². The van der Waals surface area contributed by atoms with Crippen molar-refractivity contribution in [3.05, 3.63) is 144 Å².